The summed E-state index contributed by atoms with van der Waals surface area (Å²) >= 11 is 0. The van der Waals surface area contributed by atoms with Crippen molar-refractivity contribution in [3.63, 3.8) is 0 Å². The summed E-state index contributed by atoms with van der Waals surface area (Å²) in [5.41, 5.74) is 8.47. The summed E-state index contributed by atoms with van der Waals surface area (Å²) in [6.07, 6.45) is 5.29. The number of hydrogen-bond acceptors (Lipinski definition) is 3. The van der Waals surface area contributed by atoms with E-state index >= 15 is 0 Å². The summed E-state index contributed by atoms with van der Waals surface area (Å²) in [6.45, 7) is 1.02. The van der Waals surface area contributed by atoms with Gasteiger partial charge in [-0.2, -0.15) is 0 Å². The molecule has 1 aliphatic rings. The van der Waals surface area contributed by atoms with Crippen LogP contribution in [0.3, 0.4) is 0 Å². The Hall–Kier alpha value is -1.71. The summed E-state index contributed by atoms with van der Waals surface area (Å²) in [5, 5.41) is 0. The number of hydrogen-bond donors (Lipinski definition) is 1. The molecule has 0 aromatic heterocycles. The maximum Gasteiger partial charge on any atom is 0.253 e. The monoisotopic (exact) mass is 275 g/mol. The molecule has 0 heterocycles. The second-order valence-corrected chi connectivity index (χ2v) is 6.00. The maximum absolute atomic E-state index is 12.0. The van der Waals surface area contributed by atoms with Gasteiger partial charge in [-0.3, -0.25) is 4.79 Å². The third-order valence-electron chi connectivity index (χ3n) is 4.10. The third-order valence-corrected chi connectivity index (χ3v) is 4.10. The van der Waals surface area contributed by atoms with Gasteiger partial charge in [-0.25, -0.2) is 0 Å². The third kappa shape index (κ3) is 3.24. The van der Waals surface area contributed by atoms with Gasteiger partial charge in [0.25, 0.3) is 5.91 Å². The first-order valence-electron chi connectivity index (χ1n) is 7.31. The van der Waals surface area contributed by atoms with E-state index in [9.17, 15) is 4.79 Å². The van der Waals surface area contributed by atoms with Crippen LogP contribution >= 0.6 is 0 Å². The highest BCUT2D eigenvalue weighted by molar-refractivity contribution is 5.96. The first-order valence-corrected chi connectivity index (χ1v) is 7.31. The van der Waals surface area contributed by atoms with E-state index in [0.29, 0.717) is 5.56 Å². The Balaban J connectivity index is 2.16. The van der Waals surface area contributed by atoms with Crippen LogP contribution in [0.25, 0.3) is 0 Å². The van der Waals surface area contributed by atoms with Gasteiger partial charge in [0.1, 0.15) is 0 Å². The van der Waals surface area contributed by atoms with Gasteiger partial charge in [0.15, 0.2) is 0 Å². The van der Waals surface area contributed by atoms with Gasteiger partial charge in [-0.15, -0.1) is 0 Å². The normalized spacial score (nSPS) is 15.3. The molecule has 20 heavy (non-hydrogen) atoms. The number of nitrogens with zero attached hydrogens (tertiary/aromatic N) is 2. The van der Waals surface area contributed by atoms with Crippen LogP contribution in [0.4, 0.5) is 11.4 Å². The van der Waals surface area contributed by atoms with Crippen LogP contribution in [0.1, 0.15) is 36.0 Å². The highest BCUT2D eigenvalue weighted by atomic mass is 16.2. The van der Waals surface area contributed by atoms with E-state index in [2.05, 4.69) is 11.9 Å². The zero-order valence-electron chi connectivity index (χ0n) is 12.7. The fraction of sp³-hybridized carbons (Fsp3) is 0.562. The number of anilines is 2. The molecule has 0 spiro atoms. The molecule has 0 saturated heterocycles. The molecule has 110 valence electrons. The van der Waals surface area contributed by atoms with E-state index < -0.39 is 0 Å². The van der Waals surface area contributed by atoms with Crippen molar-refractivity contribution < 1.29 is 4.79 Å². The van der Waals surface area contributed by atoms with Gasteiger partial charge >= 0.3 is 0 Å². The Bertz CT molecular complexity index is 479. The van der Waals surface area contributed by atoms with Gasteiger partial charge < -0.3 is 15.5 Å². The molecular formula is C16H25N3O. The summed E-state index contributed by atoms with van der Waals surface area (Å²) in [7, 11) is 5.59. The standard InChI is InChI=1S/C16H25N3O/c1-18(2)16(20)13-8-9-14(17)15(10-13)19(3)11-12-6-4-5-7-12/h8-10,12H,4-7,11,17H2,1-3H3. The fourth-order valence-electron chi connectivity index (χ4n) is 2.94. The number of carbonyl (C=O) groups is 1. The van der Waals surface area contributed by atoms with E-state index in [1.54, 1.807) is 25.1 Å². The van der Waals surface area contributed by atoms with E-state index in [-0.39, 0.29) is 5.91 Å². The molecule has 1 amide bonds. The van der Waals surface area contributed by atoms with Gasteiger partial charge in [0.2, 0.25) is 0 Å². The first kappa shape index (κ1) is 14.7. The minimum absolute atomic E-state index is 0.0144. The predicted octanol–water partition coefficient (Wildman–Crippen LogP) is 2.60. The highest BCUT2D eigenvalue weighted by Gasteiger charge is 2.19. The number of rotatable bonds is 4. The molecule has 4 heteroatoms. The van der Waals surface area contributed by atoms with Crippen LogP contribution in [-0.2, 0) is 0 Å². The number of benzene rings is 1. The quantitative estimate of drug-likeness (QED) is 0.859. The molecule has 1 aromatic carbocycles. The molecule has 0 aliphatic heterocycles. The van der Waals surface area contributed by atoms with Gasteiger partial charge in [0.05, 0.1) is 11.4 Å². The van der Waals surface area contributed by atoms with Crippen molar-refractivity contribution in [2.24, 2.45) is 5.92 Å². The van der Waals surface area contributed by atoms with E-state index in [4.69, 9.17) is 5.73 Å². The minimum atomic E-state index is 0.0144. The van der Waals surface area contributed by atoms with E-state index in [1.165, 1.54) is 25.7 Å². The summed E-state index contributed by atoms with van der Waals surface area (Å²) < 4.78 is 0. The lowest BCUT2D eigenvalue weighted by atomic mass is 10.1. The van der Waals surface area contributed by atoms with Crippen molar-refractivity contribution in [2.75, 3.05) is 38.3 Å². The average molecular weight is 275 g/mol. The lowest BCUT2D eigenvalue weighted by Crippen LogP contribution is -2.26. The van der Waals surface area contributed by atoms with Gasteiger partial charge in [0, 0.05) is 33.3 Å². The van der Waals surface area contributed by atoms with Crippen LogP contribution in [-0.4, -0.2) is 38.5 Å². The molecule has 0 radical (unpaired) electrons. The first-order chi connectivity index (χ1) is 9.49. The molecule has 1 aromatic rings. The molecule has 2 N–H and O–H groups in total. The van der Waals surface area contributed by atoms with Gasteiger partial charge in [-0.1, -0.05) is 12.8 Å². The predicted molar refractivity (Wildman–Crippen MR) is 84.1 cm³/mol. The maximum atomic E-state index is 12.0. The molecule has 0 bridgehead atoms. The topological polar surface area (TPSA) is 49.6 Å². The van der Waals surface area contributed by atoms with Crippen LogP contribution in [0.5, 0.6) is 0 Å². The zero-order valence-corrected chi connectivity index (χ0v) is 12.7. The second-order valence-electron chi connectivity index (χ2n) is 6.00. The van der Waals surface area contributed by atoms with Crippen LogP contribution in [0, 0.1) is 5.92 Å². The Labute approximate surface area is 121 Å². The largest absolute Gasteiger partial charge is 0.397 e. The molecule has 4 nitrogen and oxygen atoms in total. The molecule has 1 aliphatic carbocycles. The summed E-state index contributed by atoms with van der Waals surface area (Å²) in [6, 6.07) is 5.54. The van der Waals surface area contributed by atoms with Crippen molar-refractivity contribution in [1.82, 2.24) is 4.90 Å². The number of amides is 1. The van der Waals surface area contributed by atoms with Crippen LogP contribution < -0.4 is 10.6 Å². The van der Waals surface area contributed by atoms with Crippen molar-refractivity contribution in [3.05, 3.63) is 23.8 Å². The SMILES string of the molecule is CN(C)C(=O)c1ccc(N)c(N(C)CC2CCCC2)c1. The molecule has 0 atom stereocenters. The second kappa shape index (κ2) is 6.16. The van der Waals surface area contributed by atoms with E-state index in [1.807, 2.05) is 12.1 Å². The van der Waals surface area contributed by atoms with Crippen LogP contribution in [0.2, 0.25) is 0 Å². The summed E-state index contributed by atoms with van der Waals surface area (Å²) in [5.74, 6) is 0.771. The van der Waals surface area contributed by atoms with Crippen molar-refractivity contribution in [2.45, 2.75) is 25.7 Å². The van der Waals surface area contributed by atoms with Gasteiger partial charge in [-0.05, 0) is 37.0 Å². The number of carbonyl (C=O) groups excluding carboxylic acids is 1. The Morgan fingerprint density at radius 2 is 1.90 bits per heavy atom. The lowest BCUT2D eigenvalue weighted by Gasteiger charge is -2.25. The Morgan fingerprint density at radius 1 is 1.25 bits per heavy atom. The summed E-state index contributed by atoms with van der Waals surface area (Å²) in [4.78, 5) is 15.8. The van der Waals surface area contributed by atoms with Crippen molar-refractivity contribution in [3.8, 4) is 0 Å². The smallest absolute Gasteiger partial charge is 0.253 e. The van der Waals surface area contributed by atoms with Crippen LogP contribution in [0.15, 0.2) is 18.2 Å². The molecule has 2 rings (SSSR count). The van der Waals surface area contributed by atoms with E-state index in [0.717, 1.165) is 23.8 Å². The van der Waals surface area contributed by atoms with Crippen molar-refractivity contribution in [1.29, 1.82) is 0 Å². The molecule has 0 unspecified atom stereocenters. The number of nitrogens with two attached hydrogens (primary N) is 1. The Morgan fingerprint density at radius 3 is 2.50 bits per heavy atom. The zero-order chi connectivity index (χ0) is 14.7. The molecule has 1 fully saturated rings. The average Bonchev–Trinajstić information content (AvgIpc) is 2.91. The minimum Gasteiger partial charge on any atom is -0.397 e. The highest BCUT2D eigenvalue weighted by Crippen LogP contribution is 2.29. The number of nitrogen functional groups attached to an aromatic ring is 1. The fourth-order valence-corrected chi connectivity index (χ4v) is 2.94. The molecule has 1 saturated carbocycles. The molecular weight excluding hydrogens is 250 g/mol. The Kier molecular flexibility index (Phi) is 4.53. The van der Waals surface area contributed by atoms with Crippen molar-refractivity contribution >= 4 is 17.3 Å². The lowest BCUT2D eigenvalue weighted by molar-refractivity contribution is 0.0827.